The third kappa shape index (κ3) is 6.23. The lowest BCUT2D eigenvalue weighted by molar-refractivity contribution is -0.137. The van der Waals surface area contributed by atoms with E-state index < -0.39 is 34.9 Å². The van der Waals surface area contributed by atoms with Crippen molar-refractivity contribution in [3.8, 4) is 0 Å². The van der Waals surface area contributed by atoms with Crippen molar-refractivity contribution in [2.75, 3.05) is 18.5 Å². The van der Waals surface area contributed by atoms with Crippen molar-refractivity contribution in [2.24, 2.45) is 0 Å². The Morgan fingerprint density at radius 1 is 1.08 bits per heavy atom. The molecule has 3 N–H and O–H groups in total. The van der Waals surface area contributed by atoms with Crippen LogP contribution >= 0.6 is 0 Å². The van der Waals surface area contributed by atoms with Crippen LogP contribution < -0.4 is 16.0 Å². The molecule has 4 rings (SSSR count). The van der Waals surface area contributed by atoms with E-state index in [-0.39, 0.29) is 18.8 Å². The van der Waals surface area contributed by atoms with Gasteiger partial charge in [-0.1, -0.05) is 12.1 Å². The summed E-state index contributed by atoms with van der Waals surface area (Å²) < 4.78 is 58.5. The summed E-state index contributed by atoms with van der Waals surface area (Å²) in [6, 6.07) is 10.4. The van der Waals surface area contributed by atoms with Gasteiger partial charge in [-0.2, -0.15) is 13.2 Å². The minimum Gasteiger partial charge on any atom is -0.378 e. The van der Waals surface area contributed by atoms with Crippen LogP contribution in [0.4, 0.5) is 28.9 Å². The molecule has 0 bridgehead atoms. The molecule has 11 heteroatoms. The Morgan fingerprint density at radius 2 is 1.84 bits per heavy atom. The van der Waals surface area contributed by atoms with E-state index in [2.05, 4.69) is 20.9 Å². The quantitative estimate of drug-likeness (QED) is 0.403. The third-order valence-corrected chi connectivity index (χ3v) is 5.92. The van der Waals surface area contributed by atoms with Crippen molar-refractivity contribution < 1.29 is 31.9 Å². The van der Waals surface area contributed by atoms with E-state index >= 15 is 0 Å². The fourth-order valence-electron chi connectivity index (χ4n) is 3.94. The van der Waals surface area contributed by atoms with Gasteiger partial charge in [-0.05, 0) is 54.4 Å². The largest absolute Gasteiger partial charge is 0.418 e. The first kappa shape index (κ1) is 26.1. The second-order valence-corrected chi connectivity index (χ2v) is 8.78. The molecule has 2 aromatic carbocycles. The number of amides is 2. The second kappa shape index (κ2) is 10.6. The zero-order chi connectivity index (χ0) is 26.6. The molecule has 1 aromatic heterocycles. The van der Waals surface area contributed by atoms with Crippen LogP contribution in [-0.2, 0) is 22.3 Å². The zero-order valence-electron chi connectivity index (χ0n) is 19.8. The van der Waals surface area contributed by atoms with Crippen molar-refractivity contribution in [1.82, 2.24) is 15.6 Å². The van der Waals surface area contributed by atoms with Gasteiger partial charge < -0.3 is 20.7 Å². The number of pyridine rings is 1. The number of ether oxygens (including phenoxy) is 1. The number of aryl methyl sites for hydroxylation is 1. The Kier molecular flexibility index (Phi) is 7.44. The van der Waals surface area contributed by atoms with Crippen LogP contribution in [0.15, 0.2) is 60.9 Å². The molecule has 0 saturated carbocycles. The van der Waals surface area contributed by atoms with Gasteiger partial charge in [0.15, 0.2) is 0 Å². The summed E-state index contributed by atoms with van der Waals surface area (Å²) in [5, 5.41) is 8.23. The maximum Gasteiger partial charge on any atom is 0.418 e. The molecule has 1 saturated heterocycles. The van der Waals surface area contributed by atoms with Crippen LogP contribution in [0.1, 0.15) is 33.5 Å². The van der Waals surface area contributed by atoms with E-state index in [4.69, 9.17) is 4.74 Å². The number of aromatic nitrogens is 1. The SMILES string of the molecule is Cc1cncc(C(=O)NC2(C(=O)NCc3ccc(Nc4ccc(F)cc4C(F)(F)F)cc3)CCOC2)c1. The molecule has 194 valence electrons. The number of benzene rings is 2. The van der Waals surface area contributed by atoms with Gasteiger partial charge in [-0.25, -0.2) is 4.39 Å². The summed E-state index contributed by atoms with van der Waals surface area (Å²) in [5.41, 5.74) is -0.463. The Labute approximate surface area is 210 Å². The van der Waals surface area contributed by atoms with E-state index in [1.165, 1.54) is 6.20 Å². The summed E-state index contributed by atoms with van der Waals surface area (Å²) >= 11 is 0. The van der Waals surface area contributed by atoms with Crippen molar-refractivity contribution in [2.45, 2.75) is 31.6 Å². The van der Waals surface area contributed by atoms with E-state index in [9.17, 15) is 27.2 Å². The maximum atomic E-state index is 13.3. The number of hydrogen-bond acceptors (Lipinski definition) is 5. The lowest BCUT2D eigenvalue weighted by atomic mass is 9.96. The van der Waals surface area contributed by atoms with Crippen molar-refractivity contribution in [1.29, 1.82) is 0 Å². The average molecular weight is 516 g/mol. The number of nitrogens with zero attached hydrogens (tertiary/aromatic N) is 1. The Morgan fingerprint density at radius 3 is 2.49 bits per heavy atom. The Bertz CT molecular complexity index is 1290. The van der Waals surface area contributed by atoms with Gasteiger partial charge in [-0.3, -0.25) is 14.6 Å². The van der Waals surface area contributed by atoms with Gasteiger partial charge in [0, 0.05) is 37.7 Å². The lowest BCUT2D eigenvalue weighted by Gasteiger charge is -2.27. The van der Waals surface area contributed by atoms with E-state index in [0.29, 0.717) is 35.9 Å². The number of hydrogen-bond donors (Lipinski definition) is 3. The summed E-state index contributed by atoms with van der Waals surface area (Å²) in [5.74, 6) is -1.84. The maximum absolute atomic E-state index is 13.3. The standard InChI is InChI=1S/C26H24F4N4O3/c1-16-10-18(14-31-12-16)23(35)34-25(8-9-37-15-25)24(36)32-13-17-2-5-20(6-3-17)33-22-7-4-19(27)11-21(22)26(28,29)30/h2-7,10-12,14,33H,8-9,13,15H2,1H3,(H,32,36)(H,34,35). The van der Waals surface area contributed by atoms with Crippen LogP contribution in [0.3, 0.4) is 0 Å². The summed E-state index contributed by atoms with van der Waals surface area (Å²) in [6.45, 7) is 2.25. The predicted molar refractivity (Wildman–Crippen MR) is 128 cm³/mol. The van der Waals surface area contributed by atoms with Crippen LogP contribution in [0.25, 0.3) is 0 Å². The van der Waals surface area contributed by atoms with Crippen LogP contribution in [0.5, 0.6) is 0 Å². The van der Waals surface area contributed by atoms with Crippen molar-refractivity contribution in [3.63, 3.8) is 0 Å². The summed E-state index contributed by atoms with van der Waals surface area (Å²) in [6.07, 6.45) is -1.39. The number of nitrogens with one attached hydrogen (secondary N) is 3. The highest BCUT2D eigenvalue weighted by Crippen LogP contribution is 2.36. The molecule has 1 aliphatic rings. The normalized spacial score (nSPS) is 17.3. The first-order valence-corrected chi connectivity index (χ1v) is 11.4. The number of carbonyl (C=O) groups is 2. The molecule has 3 aromatic rings. The van der Waals surface area contributed by atoms with Gasteiger partial charge >= 0.3 is 6.18 Å². The van der Waals surface area contributed by atoms with E-state index in [1.807, 2.05) is 0 Å². The third-order valence-electron chi connectivity index (χ3n) is 5.92. The van der Waals surface area contributed by atoms with Gasteiger partial charge in [-0.15, -0.1) is 0 Å². The number of halogens is 4. The second-order valence-electron chi connectivity index (χ2n) is 8.78. The molecule has 0 spiro atoms. The first-order chi connectivity index (χ1) is 17.6. The number of anilines is 2. The number of rotatable bonds is 7. The van der Waals surface area contributed by atoms with Gasteiger partial charge in [0.1, 0.15) is 11.4 Å². The van der Waals surface area contributed by atoms with Crippen molar-refractivity contribution >= 4 is 23.2 Å². The molecule has 7 nitrogen and oxygen atoms in total. The molecule has 1 fully saturated rings. The molecule has 0 radical (unpaired) electrons. The fraction of sp³-hybridized carbons (Fsp3) is 0.269. The molecular weight excluding hydrogens is 492 g/mol. The molecule has 1 unspecified atom stereocenters. The first-order valence-electron chi connectivity index (χ1n) is 11.4. The molecule has 1 aliphatic heterocycles. The predicted octanol–water partition coefficient (Wildman–Crippen LogP) is 4.50. The minimum absolute atomic E-state index is 0.0197. The van der Waals surface area contributed by atoms with Crippen molar-refractivity contribution in [3.05, 3.63) is 89.0 Å². The van der Waals surface area contributed by atoms with Crippen LogP contribution in [0.2, 0.25) is 0 Å². The van der Waals surface area contributed by atoms with Crippen LogP contribution in [0, 0.1) is 12.7 Å². The molecule has 1 atom stereocenters. The minimum atomic E-state index is -4.72. The smallest absolute Gasteiger partial charge is 0.378 e. The average Bonchev–Trinajstić information content (AvgIpc) is 3.33. The van der Waals surface area contributed by atoms with Gasteiger partial charge in [0.25, 0.3) is 5.91 Å². The number of alkyl halides is 3. The highest BCUT2D eigenvalue weighted by Gasteiger charge is 2.43. The monoisotopic (exact) mass is 516 g/mol. The number of carbonyl (C=O) groups excluding carboxylic acids is 2. The van der Waals surface area contributed by atoms with Crippen LogP contribution in [-0.4, -0.2) is 35.6 Å². The van der Waals surface area contributed by atoms with Gasteiger partial charge in [0.2, 0.25) is 5.91 Å². The molecule has 37 heavy (non-hydrogen) atoms. The highest BCUT2D eigenvalue weighted by molar-refractivity contribution is 5.99. The van der Waals surface area contributed by atoms with E-state index in [1.54, 1.807) is 43.5 Å². The van der Waals surface area contributed by atoms with E-state index in [0.717, 1.165) is 17.7 Å². The Hall–Kier alpha value is -3.99. The zero-order valence-corrected chi connectivity index (χ0v) is 19.8. The lowest BCUT2D eigenvalue weighted by Crippen LogP contribution is -2.59. The molecular formula is C26H24F4N4O3. The Balaban J connectivity index is 1.40. The molecule has 2 heterocycles. The fourth-order valence-corrected chi connectivity index (χ4v) is 3.94. The highest BCUT2D eigenvalue weighted by atomic mass is 19.4. The molecule has 0 aliphatic carbocycles. The summed E-state index contributed by atoms with van der Waals surface area (Å²) in [7, 11) is 0. The topological polar surface area (TPSA) is 92.4 Å². The summed E-state index contributed by atoms with van der Waals surface area (Å²) in [4.78, 5) is 29.8. The molecule has 2 amide bonds. The van der Waals surface area contributed by atoms with Gasteiger partial charge in [0.05, 0.1) is 23.4 Å².